The summed E-state index contributed by atoms with van der Waals surface area (Å²) in [5, 5.41) is 0.959. The van der Waals surface area contributed by atoms with Gasteiger partial charge in [-0.2, -0.15) is 0 Å². The van der Waals surface area contributed by atoms with E-state index in [1.165, 1.54) is 0 Å². The van der Waals surface area contributed by atoms with Gasteiger partial charge < -0.3 is 4.74 Å². The Labute approximate surface area is 115 Å². The number of halogens is 2. The normalized spacial score (nSPS) is 13.6. The largest absolute Gasteiger partial charge is 0.492 e. The predicted molar refractivity (Wildman–Crippen MR) is 76.4 cm³/mol. The minimum atomic E-state index is 0.255. The second kappa shape index (κ2) is 6.06. The first kappa shape index (κ1) is 14.0. The minimum Gasteiger partial charge on any atom is -0.492 e. The van der Waals surface area contributed by atoms with E-state index in [1.807, 2.05) is 24.3 Å². The molecule has 1 aromatic rings. The van der Waals surface area contributed by atoms with Crippen molar-refractivity contribution >= 4 is 31.9 Å². The van der Waals surface area contributed by atoms with Crippen LogP contribution in [-0.2, 0) is 0 Å². The maximum atomic E-state index is 5.84. The first-order valence-corrected chi connectivity index (χ1v) is 7.30. The topological polar surface area (TPSA) is 9.23 Å². The monoisotopic (exact) mass is 348 g/mol. The van der Waals surface area contributed by atoms with Crippen LogP contribution in [0.4, 0.5) is 0 Å². The van der Waals surface area contributed by atoms with Gasteiger partial charge in [-0.3, -0.25) is 0 Å². The summed E-state index contributed by atoms with van der Waals surface area (Å²) in [6.45, 7) is 7.45. The van der Waals surface area contributed by atoms with Crippen molar-refractivity contribution in [2.24, 2.45) is 11.3 Å². The molecule has 3 heteroatoms. The highest BCUT2D eigenvalue weighted by Crippen LogP contribution is 2.30. The third-order valence-electron chi connectivity index (χ3n) is 2.69. The van der Waals surface area contributed by atoms with Crippen molar-refractivity contribution < 1.29 is 4.74 Å². The van der Waals surface area contributed by atoms with Crippen LogP contribution in [0.1, 0.15) is 20.8 Å². The number of alkyl halides is 1. The van der Waals surface area contributed by atoms with Gasteiger partial charge in [0.15, 0.2) is 0 Å². The smallest absolute Gasteiger partial charge is 0.133 e. The Hall–Kier alpha value is -0.0200. The Bertz CT molecular complexity index is 331. The molecular formula is C13H18Br2O. The van der Waals surface area contributed by atoms with Gasteiger partial charge in [-0.05, 0) is 33.5 Å². The van der Waals surface area contributed by atoms with E-state index in [2.05, 4.69) is 52.6 Å². The summed E-state index contributed by atoms with van der Waals surface area (Å²) < 4.78 is 6.85. The first-order valence-electron chi connectivity index (χ1n) is 5.38. The molecule has 0 radical (unpaired) electrons. The molecule has 0 saturated heterocycles. The van der Waals surface area contributed by atoms with Crippen LogP contribution in [0.15, 0.2) is 28.7 Å². The first-order chi connectivity index (χ1) is 7.45. The van der Waals surface area contributed by atoms with Crippen molar-refractivity contribution in [3.63, 3.8) is 0 Å². The molecule has 90 valence electrons. The molecule has 0 amide bonds. The van der Waals surface area contributed by atoms with Crippen LogP contribution in [0, 0.1) is 11.3 Å². The lowest BCUT2D eigenvalue weighted by molar-refractivity contribution is 0.165. The number of hydrogen-bond donors (Lipinski definition) is 0. The molecule has 1 atom stereocenters. The van der Waals surface area contributed by atoms with Gasteiger partial charge in [-0.25, -0.2) is 0 Å². The van der Waals surface area contributed by atoms with E-state index in [0.717, 1.165) is 22.2 Å². The summed E-state index contributed by atoms with van der Waals surface area (Å²) in [4.78, 5) is 0. The highest BCUT2D eigenvalue weighted by molar-refractivity contribution is 9.10. The van der Waals surface area contributed by atoms with Crippen molar-refractivity contribution in [3.8, 4) is 5.75 Å². The second-order valence-electron chi connectivity index (χ2n) is 4.96. The molecule has 1 rings (SSSR count). The minimum absolute atomic E-state index is 0.255. The third-order valence-corrected chi connectivity index (χ3v) is 4.12. The maximum absolute atomic E-state index is 5.84. The van der Waals surface area contributed by atoms with E-state index < -0.39 is 0 Å². The standard InChI is InChI=1S/C13H18Br2O/c1-13(2,3)10(8-14)9-16-12-7-5-4-6-11(12)15/h4-7,10H,8-9H2,1-3H3. The quantitative estimate of drug-likeness (QED) is 0.703. The molecule has 16 heavy (non-hydrogen) atoms. The van der Waals surface area contributed by atoms with E-state index in [9.17, 15) is 0 Å². The highest BCUT2D eigenvalue weighted by atomic mass is 79.9. The summed E-state index contributed by atoms with van der Waals surface area (Å²) in [5.41, 5.74) is 0.255. The lowest BCUT2D eigenvalue weighted by atomic mass is 9.83. The second-order valence-corrected chi connectivity index (χ2v) is 6.46. The molecule has 0 N–H and O–H groups in total. The molecular weight excluding hydrogens is 332 g/mol. The van der Waals surface area contributed by atoms with E-state index in [4.69, 9.17) is 4.74 Å². The third kappa shape index (κ3) is 4.10. The van der Waals surface area contributed by atoms with E-state index >= 15 is 0 Å². The summed E-state index contributed by atoms with van der Waals surface area (Å²) in [5.74, 6) is 1.41. The van der Waals surface area contributed by atoms with Gasteiger partial charge in [-0.1, -0.05) is 48.8 Å². The fourth-order valence-corrected chi connectivity index (χ4v) is 2.84. The fraction of sp³-hybridized carbons (Fsp3) is 0.538. The van der Waals surface area contributed by atoms with Gasteiger partial charge in [0, 0.05) is 11.2 Å². The summed E-state index contributed by atoms with van der Waals surface area (Å²) in [6.07, 6.45) is 0. The lowest BCUT2D eigenvalue weighted by Gasteiger charge is -2.29. The molecule has 0 aromatic heterocycles. The van der Waals surface area contributed by atoms with Crippen LogP contribution >= 0.6 is 31.9 Å². The van der Waals surface area contributed by atoms with Gasteiger partial charge in [0.2, 0.25) is 0 Å². The zero-order valence-electron chi connectivity index (χ0n) is 9.97. The summed E-state index contributed by atoms with van der Waals surface area (Å²) in [6, 6.07) is 7.95. The van der Waals surface area contributed by atoms with Crippen molar-refractivity contribution in [2.75, 3.05) is 11.9 Å². The van der Waals surface area contributed by atoms with Crippen LogP contribution in [0.5, 0.6) is 5.75 Å². The van der Waals surface area contributed by atoms with Crippen molar-refractivity contribution in [2.45, 2.75) is 20.8 Å². The Balaban J connectivity index is 2.60. The molecule has 0 bridgehead atoms. The molecule has 0 aliphatic carbocycles. The molecule has 1 unspecified atom stereocenters. The van der Waals surface area contributed by atoms with Crippen LogP contribution in [-0.4, -0.2) is 11.9 Å². The SMILES string of the molecule is CC(C)(C)C(CBr)COc1ccccc1Br. The summed E-state index contributed by atoms with van der Waals surface area (Å²) in [7, 11) is 0. The van der Waals surface area contributed by atoms with Crippen LogP contribution in [0.25, 0.3) is 0 Å². The molecule has 1 aromatic carbocycles. The molecule has 0 fully saturated rings. The summed E-state index contributed by atoms with van der Waals surface area (Å²) >= 11 is 7.03. The molecule has 0 heterocycles. The molecule has 0 spiro atoms. The average Bonchev–Trinajstić information content (AvgIpc) is 2.19. The lowest BCUT2D eigenvalue weighted by Crippen LogP contribution is -2.27. The predicted octanol–water partition coefficient (Wildman–Crippen LogP) is 4.89. The van der Waals surface area contributed by atoms with Crippen LogP contribution in [0.2, 0.25) is 0 Å². The van der Waals surface area contributed by atoms with Gasteiger partial charge in [0.05, 0.1) is 11.1 Å². The van der Waals surface area contributed by atoms with Gasteiger partial charge >= 0.3 is 0 Å². The van der Waals surface area contributed by atoms with Crippen LogP contribution < -0.4 is 4.74 Å². The van der Waals surface area contributed by atoms with Crippen molar-refractivity contribution in [3.05, 3.63) is 28.7 Å². The Morgan fingerprint density at radius 3 is 2.38 bits per heavy atom. The van der Waals surface area contributed by atoms with Gasteiger partial charge in [-0.15, -0.1) is 0 Å². The molecule has 0 aliphatic heterocycles. The zero-order chi connectivity index (χ0) is 12.2. The van der Waals surface area contributed by atoms with Crippen molar-refractivity contribution in [1.29, 1.82) is 0 Å². The molecule has 0 aliphatic rings. The molecule has 0 saturated carbocycles. The maximum Gasteiger partial charge on any atom is 0.133 e. The number of para-hydroxylation sites is 1. The number of hydrogen-bond acceptors (Lipinski definition) is 1. The number of benzene rings is 1. The van der Waals surface area contributed by atoms with Gasteiger partial charge in [0.25, 0.3) is 0 Å². The van der Waals surface area contributed by atoms with E-state index in [0.29, 0.717) is 5.92 Å². The Morgan fingerprint density at radius 2 is 1.88 bits per heavy atom. The average molecular weight is 350 g/mol. The van der Waals surface area contributed by atoms with E-state index in [1.54, 1.807) is 0 Å². The Kier molecular flexibility index (Phi) is 5.32. The van der Waals surface area contributed by atoms with Gasteiger partial charge in [0.1, 0.15) is 5.75 Å². The zero-order valence-corrected chi connectivity index (χ0v) is 13.1. The molecule has 1 nitrogen and oxygen atoms in total. The van der Waals surface area contributed by atoms with Crippen molar-refractivity contribution in [1.82, 2.24) is 0 Å². The van der Waals surface area contributed by atoms with E-state index in [-0.39, 0.29) is 5.41 Å². The van der Waals surface area contributed by atoms with Crippen LogP contribution in [0.3, 0.4) is 0 Å². The highest BCUT2D eigenvalue weighted by Gasteiger charge is 2.24. The number of rotatable bonds is 4. The fourth-order valence-electron chi connectivity index (χ4n) is 1.28. The number of ether oxygens (including phenoxy) is 1. The Morgan fingerprint density at radius 1 is 1.25 bits per heavy atom.